The van der Waals surface area contributed by atoms with Gasteiger partial charge in [-0.25, -0.2) is 8.42 Å². The molecule has 0 bridgehead atoms. The standard InChI is InChI=1S/C8H11NO4S.Na/c1-12-7-4-3-6(9-14(10)11)5-8(7)13-2;/h3-5,14H,1-2H3,(H,9,10,11);. The molecular formula is C8H11NNaO4S. The summed E-state index contributed by atoms with van der Waals surface area (Å²) in [4.78, 5) is 0. The SMILES string of the molecule is COc1ccc(N[SH](=O)=O)cc1OC.[Na]. The number of thiol groups is 1. The molecule has 0 unspecified atom stereocenters. The molecule has 0 aliphatic rings. The zero-order chi connectivity index (χ0) is 10.6. The number of hydrogen-bond donors (Lipinski definition) is 2. The molecule has 0 saturated carbocycles. The number of anilines is 1. The van der Waals surface area contributed by atoms with Crippen LogP contribution in [0.15, 0.2) is 18.2 Å². The van der Waals surface area contributed by atoms with E-state index >= 15 is 0 Å². The number of nitrogens with one attached hydrogen (secondary N) is 1. The van der Waals surface area contributed by atoms with Crippen LogP contribution < -0.4 is 14.2 Å². The van der Waals surface area contributed by atoms with Gasteiger partial charge in [0.25, 0.3) is 0 Å². The number of benzene rings is 1. The first kappa shape index (κ1) is 14.6. The Kier molecular flexibility index (Phi) is 6.75. The van der Waals surface area contributed by atoms with Crippen molar-refractivity contribution >= 4 is 46.1 Å². The smallest absolute Gasteiger partial charge is 0.222 e. The van der Waals surface area contributed by atoms with Gasteiger partial charge in [-0.05, 0) is 12.1 Å². The van der Waals surface area contributed by atoms with Gasteiger partial charge in [-0.15, -0.1) is 0 Å². The van der Waals surface area contributed by atoms with Crippen molar-refractivity contribution in [3.8, 4) is 11.5 Å². The predicted molar refractivity (Wildman–Crippen MR) is 59.2 cm³/mol. The van der Waals surface area contributed by atoms with Gasteiger partial charge >= 0.3 is 0 Å². The molecule has 7 heteroatoms. The molecule has 15 heavy (non-hydrogen) atoms. The van der Waals surface area contributed by atoms with E-state index in [-0.39, 0.29) is 29.6 Å². The fraction of sp³-hybridized carbons (Fsp3) is 0.250. The summed E-state index contributed by atoms with van der Waals surface area (Å²) in [5.74, 6) is 1.04. The van der Waals surface area contributed by atoms with E-state index in [0.717, 1.165) is 0 Å². The maximum atomic E-state index is 10.4. The van der Waals surface area contributed by atoms with Crippen molar-refractivity contribution in [3.63, 3.8) is 0 Å². The second-order valence-electron chi connectivity index (χ2n) is 2.44. The fourth-order valence-electron chi connectivity index (χ4n) is 1.01. The van der Waals surface area contributed by atoms with Gasteiger partial charge in [-0.3, -0.25) is 4.72 Å². The maximum absolute atomic E-state index is 10.4. The first-order valence-electron chi connectivity index (χ1n) is 3.80. The van der Waals surface area contributed by atoms with Crippen LogP contribution in [0.2, 0.25) is 0 Å². The third-order valence-electron chi connectivity index (χ3n) is 1.60. The summed E-state index contributed by atoms with van der Waals surface area (Å²) in [6.45, 7) is 0. The molecule has 1 radical (unpaired) electrons. The Bertz CT molecular complexity index is 386. The second-order valence-corrected chi connectivity index (χ2v) is 3.18. The molecule has 0 spiro atoms. The van der Waals surface area contributed by atoms with Crippen LogP contribution in [-0.2, 0) is 10.9 Å². The third-order valence-corrected chi connectivity index (χ3v) is 2.04. The molecule has 0 amide bonds. The van der Waals surface area contributed by atoms with Crippen molar-refractivity contribution < 1.29 is 17.9 Å². The van der Waals surface area contributed by atoms with E-state index in [1.807, 2.05) is 0 Å². The molecule has 0 fully saturated rings. The van der Waals surface area contributed by atoms with Crippen molar-refractivity contribution in [1.82, 2.24) is 0 Å². The summed E-state index contributed by atoms with van der Waals surface area (Å²) in [6, 6.07) is 4.76. The zero-order valence-electron chi connectivity index (χ0n) is 8.81. The van der Waals surface area contributed by atoms with Gasteiger partial charge in [-0.2, -0.15) is 0 Å². The summed E-state index contributed by atoms with van der Waals surface area (Å²) >= 11 is 0. The molecule has 0 atom stereocenters. The van der Waals surface area contributed by atoms with E-state index in [1.165, 1.54) is 14.2 Å². The van der Waals surface area contributed by atoms with Crippen LogP contribution in [0.4, 0.5) is 5.69 Å². The van der Waals surface area contributed by atoms with Gasteiger partial charge in [0, 0.05) is 35.6 Å². The van der Waals surface area contributed by atoms with E-state index in [9.17, 15) is 8.42 Å². The van der Waals surface area contributed by atoms with E-state index in [2.05, 4.69) is 4.72 Å². The molecule has 5 nitrogen and oxygen atoms in total. The van der Waals surface area contributed by atoms with Crippen molar-refractivity contribution in [2.75, 3.05) is 18.9 Å². The molecule has 1 aromatic carbocycles. The van der Waals surface area contributed by atoms with Crippen molar-refractivity contribution in [3.05, 3.63) is 18.2 Å². The summed E-state index contributed by atoms with van der Waals surface area (Å²) in [7, 11) is 0.343. The molecule has 79 valence electrons. The Morgan fingerprint density at radius 2 is 1.73 bits per heavy atom. The second kappa shape index (κ2) is 6.95. The predicted octanol–water partition coefficient (Wildman–Crippen LogP) is 0.261. The van der Waals surface area contributed by atoms with Crippen molar-refractivity contribution in [2.45, 2.75) is 0 Å². The minimum Gasteiger partial charge on any atom is -0.493 e. The van der Waals surface area contributed by atoms with E-state index in [4.69, 9.17) is 9.47 Å². The number of ether oxygens (including phenoxy) is 2. The molecule has 0 saturated heterocycles. The van der Waals surface area contributed by atoms with Gasteiger partial charge in [-0.1, -0.05) is 0 Å². The average Bonchev–Trinajstić information content (AvgIpc) is 2.16. The van der Waals surface area contributed by atoms with Crippen molar-refractivity contribution in [2.24, 2.45) is 0 Å². The Labute approximate surface area is 112 Å². The van der Waals surface area contributed by atoms with Gasteiger partial charge in [0.15, 0.2) is 11.5 Å². The summed E-state index contributed by atoms with van der Waals surface area (Å²) in [6.07, 6.45) is 0. The van der Waals surface area contributed by atoms with E-state index < -0.39 is 10.9 Å². The number of rotatable bonds is 4. The minimum atomic E-state index is -2.65. The number of hydrogen-bond acceptors (Lipinski definition) is 4. The molecule has 0 aliphatic heterocycles. The fourth-order valence-corrected chi connectivity index (χ4v) is 1.36. The molecule has 1 N–H and O–H groups in total. The third kappa shape index (κ3) is 4.29. The first-order chi connectivity index (χ1) is 6.67. The van der Waals surface area contributed by atoms with Crippen LogP contribution in [0.5, 0.6) is 11.5 Å². The minimum absolute atomic E-state index is 0. The first-order valence-corrected chi connectivity index (χ1v) is 4.98. The summed E-state index contributed by atoms with van der Waals surface area (Å²) in [5.41, 5.74) is 0.443. The van der Waals surface area contributed by atoms with Gasteiger partial charge in [0.1, 0.15) is 0 Å². The maximum Gasteiger partial charge on any atom is 0.222 e. The normalized spacial score (nSPS) is 9.27. The molecule has 0 aromatic heterocycles. The van der Waals surface area contributed by atoms with Crippen LogP contribution in [0, 0.1) is 0 Å². The number of methoxy groups -OCH3 is 2. The Balaban J connectivity index is 0.00000196. The summed E-state index contributed by atoms with van der Waals surface area (Å²) < 4.78 is 33.0. The largest absolute Gasteiger partial charge is 0.493 e. The van der Waals surface area contributed by atoms with Crippen LogP contribution in [0.25, 0.3) is 0 Å². The van der Waals surface area contributed by atoms with Crippen LogP contribution in [0.1, 0.15) is 0 Å². The average molecular weight is 240 g/mol. The van der Waals surface area contributed by atoms with E-state index in [1.54, 1.807) is 18.2 Å². The molecule has 0 aliphatic carbocycles. The molecule has 1 rings (SSSR count). The van der Waals surface area contributed by atoms with Gasteiger partial charge < -0.3 is 9.47 Å². The van der Waals surface area contributed by atoms with Gasteiger partial charge in [0.2, 0.25) is 10.9 Å². The van der Waals surface area contributed by atoms with E-state index in [0.29, 0.717) is 17.2 Å². The Hall–Kier alpha value is -0.430. The molecule has 0 heterocycles. The Morgan fingerprint density at radius 1 is 1.13 bits per heavy atom. The van der Waals surface area contributed by atoms with Gasteiger partial charge in [0.05, 0.1) is 19.9 Å². The zero-order valence-corrected chi connectivity index (χ0v) is 11.7. The molecule has 1 aromatic rings. The van der Waals surface area contributed by atoms with Crippen LogP contribution >= 0.6 is 0 Å². The van der Waals surface area contributed by atoms with Crippen molar-refractivity contribution in [1.29, 1.82) is 0 Å². The van der Waals surface area contributed by atoms with Crippen LogP contribution in [-0.4, -0.2) is 52.2 Å². The Morgan fingerprint density at radius 3 is 2.20 bits per heavy atom. The van der Waals surface area contributed by atoms with Crippen LogP contribution in [0.3, 0.4) is 0 Å². The topological polar surface area (TPSA) is 64.6 Å². The molecular weight excluding hydrogens is 229 g/mol. The monoisotopic (exact) mass is 240 g/mol. The summed E-state index contributed by atoms with van der Waals surface area (Å²) in [5, 5.41) is 0. The quantitative estimate of drug-likeness (QED) is 0.585.